The average molecular weight is 427 g/mol. The normalized spacial score (nSPS) is 15.8. The number of esters is 1. The van der Waals surface area contributed by atoms with Crippen molar-refractivity contribution in [2.24, 2.45) is 5.92 Å². The number of amides is 2. The molecule has 1 fully saturated rings. The number of carbonyl (C=O) groups is 3. The molecular weight excluding hydrogens is 400 g/mol. The molecule has 1 atom stereocenters. The van der Waals surface area contributed by atoms with Crippen LogP contribution in [0.25, 0.3) is 0 Å². The minimum Gasteiger partial charge on any atom is -0.466 e. The van der Waals surface area contributed by atoms with Crippen molar-refractivity contribution < 1.29 is 19.1 Å². The minimum atomic E-state index is -0.623. The molecule has 0 bridgehead atoms. The highest BCUT2D eigenvalue weighted by Gasteiger charge is 2.31. The van der Waals surface area contributed by atoms with Gasteiger partial charge < -0.3 is 15.0 Å². The molecule has 1 saturated heterocycles. The molecular formula is C20H27ClN2O4S. The summed E-state index contributed by atoms with van der Waals surface area (Å²) in [6.45, 7) is 6.45. The van der Waals surface area contributed by atoms with E-state index < -0.39 is 6.04 Å². The largest absolute Gasteiger partial charge is 0.466 e. The Morgan fingerprint density at radius 3 is 2.57 bits per heavy atom. The lowest BCUT2D eigenvalue weighted by molar-refractivity contribution is -0.151. The summed E-state index contributed by atoms with van der Waals surface area (Å²) < 4.78 is 5.07. The molecule has 2 rings (SSSR count). The topological polar surface area (TPSA) is 75.7 Å². The van der Waals surface area contributed by atoms with Gasteiger partial charge in [0.05, 0.1) is 12.5 Å². The molecule has 1 aromatic carbocycles. The molecule has 154 valence electrons. The maximum absolute atomic E-state index is 12.9. The zero-order chi connectivity index (χ0) is 20.7. The highest BCUT2D eigenvalue weighted by molar-refractivity contribution is 7.99. The van der Waals surface area contributed by atoms with E-state index in [1.807, 2.05) is 25.1 Å². The third-order valence-corrected chi connectivity index (χ3v) is 6.16. The summed E-state index contributed by atoms with van der Waals surface area (Å²) in [7, 11) is 0. The van der Waals surface area contributed by atoms with E-state index in [9.17, 15) is 14.4 Å². The van der Waals surface area contributed by atoms with Gasteiger partial charge in [-0.3, -0.25) is 14.4 Å². The van der Waals surface area contributed by atoms with E-state index in [1.54, 1.807) is 11.8 Å². The van der Waals surface area contributed by atoms with Crippen LogP contribution in [0.3, 0.4) is 0 Å². The lowest BCUT2D eigenvalue weighted by Crippen LogP contribution is -2.52. The third kappa shape index (κ3) is 6.41. The van der Waals surface area contributed by atoms with Gasteiger partial charge >= 0.3 is 5.97 Å². The molecule has 0 aliphatic carbocycles. The molecule has 1 aliphatic heterocycles. The van der Waals surface area contributed by atoms with Crippen LogP contribution in [0.2, 0.25) is 5.02 Å². The van der Waals surface area contributed by atoms with E-state index in [0.717, 1.165) is 10.5 Å². The van der Waals surface area contributed by atoms with Gasteiger partial charge in [0.25, 0.3) is 0 Å². The van der Waals surface area contributed by atoms with Gasteiger partial charge in [0.2, 0.25) is 11.8 Å². The summed E-state index contributed by atoms with van der Waals surface area (Å²) in [6.07, 6.45) is 1.16. The van der Waals surface area contributed by atoms with Crippen molar-refractivity contribution >= 4 is 41.1 Å². The smallest absolute Gasteiger partial charge is 0.309 e. The Morgan fingerprint density at radius 2 is 2.00 bits per heavy atom. The molecule has 8 heteroatoms. The number of nitrogens with one attached hydrogen (secondary N) is 1. The van der Waals surface area contributed by atoms with Crippen molar-refractivity contribution in [2.75, 3.05) is 25.4 Å². The standard InChI is InChI=1S/C20H27ClN2O4S/c1-4-27-20(26)15-7-9-23(10-8-15)19(25)18(22-14(3)24)12-28-16-6-5-13(2)17(21)11-16/h5-6,11,15,18H,4,7-10,12H2,1-3H3,(H,22,24). The highest BCUT2D eigenvalue weighted by atomic mass is 35.5. The van der Waals surface area contributed by atoms with Crippen LogP contribution < -0.4 is 5.32 Å². The fourth-order valence-electron chi connectivity index (χ4n) is 3.08. The maximum Gasteiger partial charge on any atom is 0.309 e. The summed E-state index contributed by atoms with van der Waals surface area (Å²) >= 11 is 7.64. The van der Waals surface area contributed by atoms with E-state index in [4.69, 9.17) is 16.3 Å². The van der Waals surface area contributed by atoms with Gasteiger partial charge in [0.1, 0.15) is 6.04 Å². The number of benzene rings is 1. The molecule has 28 heavy (non-hydrogen) atoms. The minimum absolute atomic E-state index is 0.122. The number of halogens is 1. The molecule has 0 radical (unpaired) electrons. The molecule has 0 aromatic heterocycles. The van der Waals surface area contributed by atoms with Crippen LogP contribution in [0.5, 0.6) is 0 Å². The van der Waals surface area contributed by atoms with E-state index in [0.29, 0.717) is 43.3 Å². The van der Waals surface area contributed by atoms with Gasteiger partial charge in [0.15, 0.2) is 0 Å². The lowest BCUT2D eigenvalue weighted by Gasteiger charge is -2.33. The second-order valence-corrected chi connectivity index (χ2v) is 8.33. The Bertz CT molecular complexity index is 720. The summed E-state index contributed by atoms with van der Waals surface area (Å²) in [5, 5.41) is 3.43. The van der Waals surface area contributed by atoms with Crippen LogP contribution in [0.4, 0.5) is 0 Å². The molecule has 0 spiro atoms. The number of hydrogen-bond acceptors (Lipinski definition) is 5. The van der Waals surface area contributed by atoms with Crippen molar-refractivity contribution in [1.82, 2.24) is 10.2 Å². The number of likely N-dealkylation sites (tertiary alicyclic amines) is 1. The van der Waals surface area contributed by atoms with E-state index in [-0.39, 0.29) is 23.7 Å². The van der Waals surface area contributed by atoms with Gasteiger partial charge in [-0.2, -0.15) is 0 Å². The number of piperidine rings is 1. The molecule has 6 nitrogen and oxygen atoms in total. The average Bonchev–Trinajstić information content (AvgIpc) is 2.67. The zero-order valence-corrected chi connectivity index (χ0v) is 18.1. The monoisotopic (exact) mass is 426 g/mol. The van der Waals surface area contributed by atoms with Gasteiger partial charge in [-0.15, -0.1) is 11.8 Å². The number of ether oxygens (including phenoxy) is 1. The second-order valence-electron chi connectivity index (χ2n) is 6.83. The van der Waals surface area contributed by atoms with Gasteiger partial charge in [-0.05, 0) is 44.4 Å². The van der Waals surface area contributed by atoms with Crippen molar-refractivity contribution in [1.29, 1.82) is 0 Å². The number of thioether (sulfide) groups is 1. The number of nitrogens with zero attached hydrogens (tertiary/aromatic N) is 1. The quantitative estimate of drug-likeness (QED) is 0.535. The summed E-state index contributed by atoms with van der Waals surface area (Å²) in [5.74, 6) is -0.312. The molecule has 0 saturated carbocycles. The predicted molar refractivity (Wildman–Crippen MR) is 110 cm³/mol. The Balaban J connectivity index is 1.96. The molecule has 1 N–H and O–H groups in total. The fraction of sp³-hybridized carbons (Fsp3) is 0.550. The maximum atomic E-state index is 12.9. The van der Waals surface area contributed by atoms with E-state index in [1.165, 1.54) is 18.7 Å². The van der Waals surface area contributed by atoms with Crippen LogP contribution in [0.15, 0.2) is 23.1 Å². The lowest BCUT2D eigenvalue weighted by atomic mass is 9.96. The Labute approximate surface area is 175 Å². The highest BCUT2D eigenvalue weighted by Crippen LogP contribution is 2.26. The zero-order valence-electron chi connectivity index (χ0n) is 16.5. The molecule has 1 aliphatic rings. The first-order valence-corrected chi connectivity index (χ1v) is 10.8. The summed E-state index contributed by atoms with van der Waals surface area (Å²) in [5.41, 5.74) is 0.991. The predicted octanol–water partition coefficient (Wildman–Crippen LogP) is 3.05. The van der Waals surface area contributed by atoms with Crippen LogP contribution in [-0.2, 0) is 19.1 Å². The van der Waals surface area contributed by atoms with Crippen molar-refractivity contribution in [3.05, 3.63) is 28.8 Å². The van der Waals surface area contributed by atoms with Gasteiger partial charge in [-0.25, -0.2) is 0 Å². The van der Waals surface area contributed by atoms with E-state index in [2.05, 4.69) is 5.32 Å². The fourth-order valence-corrected chi connectivity index (χ4v) is 4.27. The second kappa shape index (κ2) is 10.7. The molecule has 1 unspecified atom stereocenters. The van der Waals surface area contributed by atoms with Crippen molar-refractivity contribution in [3.63, 3.8) is 0 Å². The van der Waals surface area contributed by atoms with Crippen LogP contribution in [-0.4, -0.2) is 54.2 Å². The van der Waals surface area contributed by atoms with Gasteiger partial charge in [-0.1, -0.05) is 17.7 Å². The molecule has 2 amide bonds. The van der Waals surface area contributed by atoms with Crippen molar-refractivity contribution in [2.45, 2.75) is 44.6 Å². The summed E-state index contributed by atoms with van der Waals surface area (Å²) in [6, 6.07) is 5.12. The number of aryl methyl sites for hydroxylation is 1. The number of hydrogen-bond donors (Lipinski definition) is 1. The molecule has 1 aromatic rings. The van der Waals surface area contributed by atoms with Crippen molar-refractivity contribution in [3.8, 4) is 0 Å². The first-order valence-electron chi connectivity index (χ1n) is 9.43. The van der Waals surface area contributed by atoms with Crippen LogP contribution >= 0.6 is 23.4 Å². The number of rotatable bonds is 7. The van der Waals surface area contributed by atoms with Crippen LogP contribution in [0.1, 0.15) is 32.3 Å². The Hall–Kier alpha value is -1.73. The third-order valence-electron chi connectivity index (χ3n) is 4.66. The Kier molecular flexibility index (Phi) is 8.63. The Morgan fingerprint density at radius 1 is 1.32 bits per heavy atom. The van der Waals surface area contributed by atoms with Crippen LogP contribution in [0, 0.1) is 12.8 Å². The first-order chi connectivity index (χ1) is 13.3. The first kappa shape index (κ1) is 22.6. The van der Waals surface area contributed by atoms with Gasteiger partial charge in [0, 0.05) is 35.7 Å². The number of carbonyl (C=O) groups excluding carboxylic acids is 3. The van der Waals surface area contributed by atoms with E-state index >= 15 is 0 Å². The SMILES string of the molecule is CCOC(=O)C1CCN(C(=O)C(CSc2ccc(C)c(Cl)c2)NC(C)=O)CC1. The molecule has 1 heterocycles. The summed E-state index contributed by atoms with van der Waals surface area (Å²) in [4.78, 5) is 39.1.